The minimum atomic E-state index is -0.352. The van der Waals surface area contributed by atoms with E-state index in [4.69, 9.17) is 4.74 Å². The largest absolute Gasteiger partial charge is 0.489 e. The van der Waals surface area contributed by atoms with E-state index in [2.05, 4.69) is 5.32 Å². The number of Topliss-reactive ketones (excluding diaryl/α,β-unsaturated/α-hetero) is 1. The molecule has 2 aromatic rings. The second-order valence-electron chi connectivity index (χ2n) is 7.45. The van der Waals surface area contributed by atoms with Crippen molar-refractivity contribution in [1.82, 2.24) is 15.1 Å². The van der Waals surface area contributed by atoms with Gasteiger partial charge in [0.15, 0.2) is 5.78 Å². The normalized spacial score (nSPS) is 14.1. The number of hydrogen-bond donors (Lipinski definition) is 1. The van der Waals surface area contributed by atoms with E-state index in [-0.39, 0.29) is 30.4 Å². The van der Waals surface area contributed by atoms with Crippen LogP contribution in [0.25, 0.3) is 0 Å². The van der Waals surface area contributed by atoms with E-state index in [1.54, 1.807) is 66.4 Å². The Morgan fingerprint density at radius 1 is 1.00 bits per heavy atom. The first-order valence-electron chi connectivity index (χ1n) is 10.0. The third-order valence-electron chi connectivity index (χ3n) is 5.03. The molecule has 1 saturated heterocycles. The number of para-hydroxylation sites is 1. The van der Waals surface area contributed by atoms with Crippen LogP contribution >= 0.6 is 0 Å². The highest BCUT2D eigenvalue weighted by Gasteiger charge is 2.26. The summed E-state index contributed by atoms with van der Waals surface area (Å²) in [5.74, 6) is -0.0186. The van der Waals surface area contributed by atoms with Gasteiger partial charge in [0.25, 0.3) is 5.91 Å². The molecule has 0 unspecified atom stereocenters. The first-order chi connectivity index (χ1) is 14.5. The van der Waals surface area contributed by atoms with Crippen molar-refractivity contribution in [1.29, 1.82) is 0 Å². The standard InChI is InChI=1S/C23H27N3O4/c1-25(2)23(29)26-14-12-18(13-15-26)30-21-11-7-6-10-19(21)22(28)24-16-20(27)17-8-4-3-5-9-17/h3-11,18H,12-16H2,1-2H3,(H,24,28). The molecule has 0 radical (unpaired) electrons. The van der Waals surface area contributed by atoms with Crippen molar-refractivity contribution in [2.45, 2.75) is 18.9 Å². The van der Waals surface area contributed by atoms with E-state index in [1.165, 1.54) is 0 Å². The molecular formula is C23H27N3O4. The Kier molecular flexibility index (Phi) is 7.06. The van der Waals surface area contributed by atoms with Crippen molar-refractivity contribution in [2.75, 3.05) is 33.7 Å². The van der Waals surface area contributed by atoms with Gasteiger partial charge in [-0.3, -0.25) is 9.59 Å². The first kappa shape index (κ1) is 21.4. The molecule has 3 amide bonds. The molecule has 0 atom stereocenters. The summed E-state index contributed by atoms with van der Waals surface area (Å²) in [6.45, 7) is 1.14. The predicted octanol–water partition coefficient (Wildman–Crippen LogP) is 2.82. The zero-order valence-corrected chi connectivity index (χ0v) is 17.3. The zero-order chi connectivity index (χ0) is 21.5. The number of hydrogen-bond acceptors (Lipinski definition) is 4. The molecule has 1 fully saturated rings. The molecule has 3 rings (SSSR count). The number of benzene rings is 2. The molecule has 7 nitrogen and oxygen atoms in total. The van der Waals surface area contributed by atoms with E-state index in [0.717, 1.165) is 0 Å². The molecular weight excluding hydrogens is 382 g/mol. The summed E-state index contributed by atoms with van der Waals surface area (Å²) in [5.41, 5.74) is 0.950. The lowest BCUT2D eigenvalue weighted by Crippen LogP contribution is -2.46. The molecule has 30 heavy (non-hydrogen) atoms. The highest BCUT2D eigenvalue weighted by molar-refractivity contribution is 6.03. The van der Waals surface area contributed by atoms with Gasteiger partial charge in [0, 0.05) is 45.6 Å². The van der Waals surface area contributed by atoms with Crippen LogP contribution in [0, 0.1) is 0 Å². The second kappa shape index (κ2) is 9.91. The van der Waals surface area contributed by atoms with E-state index in [9.17, 15) is 14.4 Å². The van der Waals surface area contributed by atoms with Crippen LogP contribution in [0.5, 0.6) is 5.75 Å². The summed E-state index contributed by atoms with van der Waals surface area (Å²) in [6, 6.07) is 15.9. The van der Waals surface area contributed by atoms with E-state index < -0.39 is 0 Å². The zero-order valence-electron chi connectivity index (χ0n) is 17.3. The lowest BCUT2D eigenvalue weighted by Gasteiger charge is -2.33. The Hall–Kier alpha value is -3.35. The number of nitrogens with zero attached hydrogens (tertiary/aromatic N) is 2. The average Bonchev–Trinajstić information content (AvgIpc) is 2.78. The third-order valence-corrected chi connectivity index (χ3v) is 5.03. The van der Waals surface area contributed by atoms with Crippen LogP contribution < -0.4 is 10.1 Å². The fourth-order valence-corrected chi connectivity index (χ4v) is 3.37. The van der Waals surface area contributed by atoms with Gasteiger partial charge in [0.05, 0.1) is 12.1 Å². The molecule has 0 bridgehead atoms. The number of ether oxygens (including phenoxy) is 1. The number of likely N-dealkylation sites (tertiary alicyclic amines) is 1. The van der Waals surface area contributed by atoms with Gasteiger partial charge in [-0.25, -0.2) is 4.79 Å². The van der Waals surface area contributed by atoms with Crippen molar-refractivity contribution in [2.24, 2.45) is 0 Å². The number of ketones is 1. The second-order valence-corrected chi connectivity index (χ2v) is 7.45. The monoisotopic (exact) mass is 409 g/mol. The predicted molar refractivity (Wildman–Crippen MR) is 114 cm³/mol. The van der Waals surface area contributed by atoms with Gasteiger partial charge in [-0.1, -0.05) is 42.5 Å². The van der Waals surface area contributed by atoms with Gasteiger partial charge < -0.3 is 19.9 Å². The number of rotatable bonds is 6. The summed E-state index contributed by atoms with van der Waals surface area (Å²) in [4.78, 5) is 40.3. The SMILES string of the molecule is CN(C)C(=O)N1CCC(Oc2ccccc2C(=O)NCC(=O)c2ccccc2)CC1. The average molecular weight is 409 g/mol. The molecule has 0 aromatic heterocycles. The molecule has 0 spiro atoms. The number of piperidine rings is 1. The molecule has 158 valence electrons. The number of carbonyl (C=O) groups excluding carboxylic acids is 3. The Bertz CT molecular complexity index is 890. The third kappa shape index (κ3) is 5.37. The van der Waals surface area contributed by atoms with Crippen LogP contribution in [-0.2, 0) is 0 Å². The van der Waals surface area contributed by atoms with Crippen molar-refractivity contribution < 1.29 is 19.1 Å². The van der Waals surface area contributed by atoms with Crippen molar-refractivity contribution >= 4 is 17.7 Å². The summed E-state index contributed by atoms with van der Waals surface area (Å²) < 4.78 is 6.09. The fourth-order valence-electron chi connectivity index (χ4n) is 3.37. The van der Waals surface area contributed by atoms with Crippen molar-refractivity contribution in [3.8, 4) is 5.75 Å². The van der Waals surface area contributed by atoms with Crippen LogP contribution in [0.3, 0.4) is 0 Å². The molecule has 1 heterocycles. The van der Waals surface area contributed by atoms with E-state index in [1.807, 2.05) is 12.1 Å². The molecule has 2 aromatic carbocycles. The van der Waals surface area contributed by atoms with Gasteiger partial charge in [-0.05, 0) is 12.1 Å². The Morgan fingerprint density at radius 2 is 1.63 bits per heavy atom. The van der Waals surface area contributed by atoms with Crippen LogP contribution in [-0.4, -0.2) is 67.4 Å². The van der Waals surface area contributed by atoms with Crippen LogP contribution in [0.2, 0.25) is 0 Å². The van der Waals surface area contributed by atoms with Gasteiger partial charge in [0.1, 0.15) is 11.9 Å². The lowest BCUT2D eigenvalue weighted by atomic mass is 10.1. The lowest BCUT2D eigenvalue weighted by molar-refractivity contribution is 0.0881. The minimum absolute atomic E-state index is 0.00342. The summed E-state index contributed by atoms with van der Waals surface area (Å²) in [7, 11) is 3.48. The summed E-state index contributed by atoms with van der Waals surface area (Å²) >= 11 is 0. The Balaban J connectivity index is 1.57. The Labute approximate surface area is 176 Å². The highest BCUT2D eigenvalue weighted by Crippen LogP contribution is 2.23. The summed E-state index contributed by atoms with van der Waals surface area (Å²) in [5, 5.41) is 2.68. The number of urea groups is 1. The molecule has 0 aliphatic carbocycles. The Morgan fingerprint density at radius 3 is 2.30 bits per heavy atom. The van der Waals surface area contributed by atoms with Gasteiger partial charge in [-0.15, -0.1) is 0 Å². The maximum absolute atomic E-state index is 12.7. The van der Waals surface area contributed by atoms with Gasteiger partial charge in [0.2, 0.25) is 0 Å². The molecule has 7 heteroatoms. The molecule has 0 saturated carbocycles. The molecule has 1 aliphatic rings. The first-order valence-corrected chi connectivity index (χ1v) is 10.0. The van der Waals surface area contributed by atoms with Crippen molar-refractivity contribution in [3.63, 3.8) is 0 Å². The van der Waals surface area contributed by atoms with Gasteiger partial charge in [-0.2, -0.15) is 0 Å². The number of nitrogens with one attached hydrogen (secondary N) is 1. The topological polar surface area (TPSA) is 79.0 Å². The van der Waals surface area contributed by atoms with Crippen molar-refractivity contribution in [3.05, 3.63) is 65.7 Å². The van der Waals surface area contributed by atoms with E-state index >= 15 is 0 Å². The fraction of sp³-hybridized carbons (Fsp3) is 0.348. The minimum Gasteiger partial charge on any atom is -0.489 e. The number of amides is 3. The van der Waals surface area contributed by atoms with Gasteiger partial charge >= 0.3 is 6.03 Å². The maximum atomic E-state index is 12.7. The van der Waals surface area contributed by atoms with Crippen LogP contribution in [0.1, 0.15) is 33.6 Å². The summed E-state index contributed by atoms with van der Waals surface area (Å²) in [6.07, 6.45) is 1.32. The van der Waals surface area contributed by atoms with Crippen LogP contribution in [0.4, 0.5) is 4.79 Å². The number of carbonyl (C=O) groups is 3. The van der Waals surface area contributed by atoms with Crippen LogP contribution in [0.15, 0.2) is 54.6 Å². The smallest absolute Gasteiger partial charge is 0.319 e. The van der Waals surface area contributed by atoms with E-state index in [0.29, 0.717) is 42.8 Å². The molecule has 1 aliphatic heterocycles. The quantitative estimate of drug-likeness (QED) is 0.744. The highest BCUT2D eigenvalue weighted by atomic mass is 16.5. The maximum Gasteiger partial charge on any atom is 0.319 e. The molecule has 1 N–H and O–H groups in total.